The van der Waals surface area contributed by atoms with Crippen LogP contribution in [0.15, 0.2) is 24.3 Å². The van der Waals surface area contributed by atoms with Crippen LogP contribution in [0.5, 0.6) is 0 Å². The van der Waals surface area contributed by atoms with Gasteiger partial charge in [0, 0.05) is 6.07 Å². The minimum atomic E-state index is -0.594. The van der Waals surface area contributed by atoms with Crippen LogP contribution < -0.4 is 0 Å². The van der Waals surface area contributed by atoms with Crippen LogP contribution in [-0.2, 0) is 0 Å². The SMILES string of the molecule is [B]CC(=O)c1ccccc1[N+](=O)[O-]. The van der Waals surface area contributed by atoms with Crippen molar-refractivity contribution in [1.29, 1.82) is 0 Å². The van der Waals surface area contributed by atoms with Gasteiger partial charge in [-0.2, -0.15) is 0 Å². The van der Waals surface area contributed by atoms with E-state index in [1.807, 2.05) is 0 Å². The van der Waals surface area contributed by atoms with Crippen LogP contribution in [0.4, 0.5) is 5.69 Å². The molecule has 4 nitrogen and oxygen atoms in total. The number of nitrogens with zero attached hydrogens (tertiary/aromatic N) is 1. The van der Waals surface area contributed by atoms with Crippen LogP contribution in [0.1, 0.15) is 10.4 Å². The molecular weight excluding hydrogens is 169 g/mol. The predicted molar refractivity (Wildman–Crippen MR) is 48.0 cm³/mol. The number of ketones is 1. The van der Waals surface area contributed by atoms with Gasteiger partial charge in [0.1, 0.15) is 0 Å². The van der Waals surface area contributed by atoms with Gasteiger partial charge in [0.25, 0.3) is 5.69 Å². The molecule has 13 heavy (non-hydrogen) atoms. The molecule has 0 spiro atoms. The fourth-order valence-electron chi connectivity index (χ4n) is 0.979. The lowest BCUT2D eigenvalue weighted by molar-refractivity contribution is -0.385. The summed E-state index contributed by atoms with van der Waals surface area (Å²) in [6, 6.07) is 5.75. The van der Waals surface area contributed by atoms with Crippen LogP contribution in [0.3, 0.4) is 0 Å². The van der Waals surface area contributed by atoms with E-state index in [0.29, 0.717) is 0 Å². The molecule has 0 N–H and O–H groups in total. The Bertz CT molecular complexity index is 351. The summed E-state index contributed by atoms with van der Waals surface area (Å²) in [5.74, 6) is -0.424. The lowest BCUT2D eigenvalue weighted by atomic mass is 9.95. The number of hydrogen-bond acceptors (Lipinski definition) is 3. The van der Waals surface area contributed by atoms with Crippen LogP contribution >= 0.6 is 0 Å². The first-order chi connectivity index (χ1) is 6.16. The number of carbonyl (C=O) groups excluding carboxylic acids is 1. The highest BCUT2D eigenvalue weighted by atomic mass is 16.6. The molecule has 0 saturated heterocycles. The standard InChI is InChI=1S/C8H6BNO3/c9-5-8(11)6-3-1-2-4-7(6)10(12)13/h1-4H,5H2. The van der Waals surface area contributed by atoms with Crippen LogP contribution in [0, 0.1) is 10.1 Å². The molecule has 0 bridgehead atoms. The molecule has 2 radical (unpaired) electrons. The first kappa shape index (κ1) is 9.44. The Morgan fingerprint density at radius 1 is 1.46 bits per heavy atom. The molecule has 0 heterocycles. The molecular formula is C8H6BNO3. The number of para-hydroxylation sites is 1. The molecule has 64 valence electrons. The molecule has 0 unspecified atom stereocenters. The number of benzene rings is 1. The maximum absolute atomic E-state index is 11.1. The van der Waals surface area contributed by atoms with E-state index in [1.165, 1.54) is 18.2 Å². The van der Waals surface area contributed by atoms with Crippen LogP contribution in [0.25, 0.3) is 0 Å². The Hall–Kier alpha value is -1.65. The van der Waals surface area contributed by atoms with Crippen molar-refractivity contribution in [1.82, 2.24) is 0 Å². The van der Waals surface area contributed by atoms with Gasteiger partial charge in [-0.1, -0.05) is 12.1 Å². The molecule has 0 aliphatic heterocycles. The van der Waals surface area contributed by atoms with Crippen LogP contribution in [-0.4, -0.2) is 18.6 Å². The van der Waals surface area contributed by atoms with Gasteiger partial charge in [-0.25, -0.2) is 0 Å². The second-order valence-corrected chi connectivity index (χ2v) is 2.40. The third-order valence-electron chi connectivity index (χ3n) is 1.59. The molecule has 0 fully saturated rings. The highest BCUT2D eigenvalue weighted by Gasteiger charge is 2.16. The molecule has 1 rings (SSSR count). The summed E-state index contributed by atoms with van der Waals surface area (Å²) < 4.78 is 0. The molecule has 0 saturated carbocycles. The maximum atomic E-state index is 11.1. The minimum Gasteiger partial charge on any atom is -0.295 e. The fraction of sp³-hybridized carbons (Fsp3) is 0.125. The Balaban J connectivity index is 3.19. The van der Waals surface area contributed by atoms with Gasteiger partial charge in [0.05, 0.1) is 18.3 Å². The van der Waals surface area contributed by atoms with E-state index in [4.69, 9.17) is 7.85 Å². The van der Waals surface area contributed by atoms with Crippen molar-refractivity contribution in [3.05, 3.63) is 39.9 Å². The number of nitro benzene ring substituents is 1. The van der Waals surface area contributed by atoms with Gasteiger partial charge in [-0.3, -0.25) is 14.9 Å². The smallest absolute Gasteiger partial charge is 0.280 e. The quantitative estimate of drug-likeness (QED) is 0.301. The van der Waals surface area contributed by atoms with E-state index < -0.39 is 10.7 Å². The van der Waals surface area contributed by atoms with Gasteiger partial charge in [0.2, 0.25) is 0 Å². The van der Waals surface area contributed by atoms with Gasteiger partial charge in [-0.15, -0.1) is 0 Å². The molecule has 0 amide bonds. The Labute approximate surface area is 76.1 Å². The average molecular weight is 175 g/mol. The Morgan fingerprint density at radius 2 is 2.08 bits per heavy atom. The van der Waals surface area contributed by atoms with E-state index in [0.717, 1.165) is 0 Å². The highest BCUT2D eigenvalue weighted by molar-refractivity contribution is 6.24. The zero-order chi connectivity index (χ0) is 9.84. The monoisotopic (exact) mass is 175 g/mol. The first-order valence-electron chi connectivity index (χ1n) is 3.63. The molecule has 0 aliphatic rings. The molecule has 0 atom stereocenters. The number of carbonyl (C=O) groups is 1. The van der Waals surface area contributed by atoms with Gasteiger partial charge < -0.3 is 0 Å². The van der Waals surface area contributed by atoms with Crippen molar-refractivity contribution in [3.63, 3.8) is 0 Å². The number of hydrogen-bond donors (Lipinski definition) is 0. The second-order valence-electron chi connectivity index (χ2n) is 2.40. The van der Waals surface area contributed by atoms with E-state index in [1.54, 1.807) is 6.07 Å². The lowest BCUT2D eigenvalue weighted by Crippen LogP contribution is -2.02. The average Bonchev–Trinajstić information content (AvgIpc) is 2.16. The summed E-state index contributed by atoms with van der Waals surface area (Å²) in [6.45, 7) is 0. The number of rotatable bonds is 3. The van der Waals surface area contributed by atoms with Crippen molar-refractivity contribution in [2.75, 3.05) is 0 Å². The minimum absolute atomic E-state index is 0.0648. The van der Waals surface area contributed by atoms with Gasteiger partial charge in [-0.05, 0) is 12.4 Å². The molecule has 1 aromatic rings. The largest absolute Gasteiger partial charge is 0.295 e. The summed E-state index contributed by atoms with van der Waals surface area (Å²) in [5.41, 5.74) is -0.132. The lowest BCUT2D eigenvalue weighted by Gasteiger charge is -1.98. The molecule has 0 aromatic heterocycles. The van der Waals surface area contributed by atoms with Gasteiger partial charge in [0.15, 0.2) is 5.78 Å². The van der Waals surface area contributed by atoms with Crippen molar-refractivity contribution in [3.8, 4) is 0 Å². The van der Waals surface area contributed by atoms with E-state index in [9.17, 15) is 14.9 Å². The topological polar surface area (TPSA) is 60.2 Å². The number of Topliss-reactive ketones (excluding diaryl/α,β-unsaturated/α-hetero) is 1. The highest BCUT2D eigenvalue weighted by Crippen LogP contribution is 2.18. The third-order valence-corrected chi connectivity index (χ3v) is 1.59. The van der Waals surface area contributed by atoms with Crippen molar-refractivity contribution < 1.29 is 9.72 Å². The summed E-state index contributed by atoms with van der Waals surface area (Å²) in [6.07, 6.45) is -0.217. The van der Waals surface area contributed by atoms with Crippen molar-refractivity contribution in [2.45, 2.75) is 6.32 Å². The van der Waals surface area contributed by atoms with Crippen molar-refractivity contribution >= 4 is 19.3 Å². The van der Waals surface area contributed by atoms with Crippen molar-refractivity contribution in [2.24, 2.45) is 0 Å². The third kappa shape index (κ3) is 1.93. The zero-order valence-electron chi connectivity index (χ0n) is 6.77. The summed E-state index contributed by atoms with van der Waals surface area (Å²) in [5, 5.41) is 10.5. The summed E-state index contributed by atoms with van der Waals surface area (Å²) >= 11 is 0. The molecule has 0 aliphatic carbocycles. The summed E-state index contributed by atoms with van der Waals surface area (Å²) in [4.78, 5) is 21.0. The van der Waals surface area contributed by atoms with E-state index >= 15 is 0 Å². The van der Waals surface area contributed by atoms with E-state index in [-0.39, 0.29) is 17.6 Å². The normalized spacial score (nSPS) is 9.54. The zero-order valence-corrected chi connectivity index (χ0v) is 6.77. The molecule has 1 aromatic carbocycles. The fourth-order valence-corrected chi connectivity index (χ4v) is 0.979. The maximum Gasteiger partial charge on any atom is 0.280 e. The van der Waals surface area contributed by atoms with E-state index in [2.05, 4.69) is 0 Å². The molecule has 5 heteroatoms. The van der Waals surface area contributed by atoms with Crippen LogP contribution in [0.2, 0.25) is 6.32 Å². The second kappa shape index (κ2) is 3.84. The van der Waals surface area contributed by atoms with Gasteiger partial charge >= 0.3 is 0 Å². The Kier molecular flexibility index (Phi) is 2.79. The summed E-state index contributed by atoms with van der Waals surface area (Å²) in [7, 11) is 5.10. The Morgan fingerprint density at radius 3 is 2.62 bits per heavy atom. The predicted octanol–water partition coefficient (Wildman–Crippen LogP) is 1.36. The first-order valence-corrected chi connectivity index (χ1v) is 3.63. The number of nitro groups is 1.